The van der Waals surface area contributed by atoms with Crippen LogP contribution in [0.1, 0.15) is 15.9 Å². The van der Waals surface area contributed by atoms with Crippen molar-refractivity contribution in [2.24, 2.45) is 0 Å². The van der Waals surface area contributed by atoms with Crippen LogP contribution in [0, 0.1) is 0 Å². The largest absolute Gasteiger partial charge is 0.399 e. The third kappa shape index (κ3) is 2.29. The number of nitrogen functional groups attached to an aromatic ring is 1. The highest BCUT2D eigenvalue weighted by Gasteiger charge is 2.09. The van der Waals surface area contributed by atoms with E-state index in [4.69, 9.17) is 5.73 Å². The third-order valence-electron chi connectivity index (χ3n) is 2.99. The fraction of sp³-hybridized carbons (Fsp3) is 0. The molecule has 5 nitrogen and oxygen atoms in total. The van der Waals surface area contributed by atoms with E-state index >= 15 is 0 Å². The van der Waals surface area contributed by atoms with Gasteiger partial charge in [-0.05, 0) is 48.5 Å². The van der Waals surface area contributed by atoms with Gasteiger partial charge in [-0.25, -0.2) is 4.68 Å². The number of hydrogen-bond donors (Lipinski definition) is 1. The number of rotatable bonds is 3. The third-order valence-corrected chi connectivity index (χ3v) is 2.99. The van der Waals surface area contributed by atoms with Crippen molar-refractivity contribution in [1.82, 2.24) is 15.0 Å². The minimum absolute atomic E-state index is 0.0323. The maximum absolute atomic E-state index is 12.3. The van der Waals surface area contributed by atoms with Gasteiger partial charge in [0.2, 0.25) is 0 Å². The topological polar surface area (TPSA) is 73.8 Å². The zero-order valence-electron chi connectivity index (χ0n) is 10.6. The quantitative estimate of drug-likeness (QED) is 0.580. The summed E-state index contributed by atoms with van der Waals surface area (Å²) in [5.74, 6) is -0.0323. The summed E-state index contributed by atoms with van der Waals surface area (Å²) in [6.45, 7) is 0. The van der Waals surface area contributed by atoms with Crippen LogP contribution in [0.2, 0.25) is 0 Å². The summed E-state index contributed by atoms with van der Waals surface area (Å²) in [7, 11) is 0. The number of hydrogen-bond acceptors (Lipinski definition) is 4. The van der Waals surface area contributed by atoms with Crippen LogP contribution in [0.3, 0.4) is 0 Å². The normalized spacial score (nSPS) is 10.4. The van der Waals surface area contributed by atoms with Crippen LogP contribution in [0.15, 0.2) is 60.9 Å². The molecule has 0 aliphatic carbocycles. The molecule has 0 amide bonds. The molecule has 0 atom stereocenters. The Balaban J connectivity index is 1.87. The van der Waals surface area contributed by atoms with E-state index < -0.39 is 0 Å². The molecular formula is C15H12N4O. The van der Waals surface area contributed by atoms with E-state index in [-0.39, 0.29) is 5.78 Å². The van der Waals surface area contributed by atoms with E-state index in [2.05, 4.69) is 10.3 Å². The van der Waals surface area contributed by atoms with Crippen molar-refractivity contribution in [1.29, 1.82) is 0 Å². The number of ketones is 1. The summed E-state index contributed by atoms with van der Waals surface area (Å²) in [5, 5.41) is 7.64. The lowest BCUT2D eigenvalue weighted by Crippen LogP contribution is -2.02. The van der Waals surface area contributed by atoms with Gasteiger partial charge < -0.3 is 5.73 Å². The fourth-order valence-corrected chi connectivity index (χ4v) is 1.91. The van der Waals surface area contributed by atoms with Crippen molar-refractivity contribution in [3.63, 3.8) is 0 Å². The van der Waals surface area contributed by atoms with Gasteiger partial charge in [0.1, 0.15) is 0 Å². The van der Waals surface area contributed by atoms with Gasteiger partial charge in [-0.3, -0.25) is 4.79 Å². The molecule has 3 aromatic rings. The Kier molecular flexibility index (Phi) is 3.01. The van der Waals surface area contributed by atoms with Crippen LogP contribution in [0.4, 0.5) is 5.69 Å². The summed E-state index contributed by atoms with van der Waals surface area (Å²) < 4.78 is 1.64. The molecule has 2 N–H and O–H groups in total. The van der Waals surface area contributed by atoms with Crippen LogP contribution in [-0.4, -0.2) is 20.8 Å². The number of carbonyl (C=O) groups excluding carboxylic acids is 1. The second-order valence-corrected chi connectivity index (χ2v) is 4.35. The molecule has 0 aliphatic heterocycles. The standard InChI is InChI=1S/C15H12N4O/c16-13-5-1-11(2-6-13)15(20)12-3-7-14(8-4-12)19-10-9-17-18-19/h1-10H,16H2. The Labute approximate surface area is 115 Å². The summed E-state index contributed by atoms with van der Waals surface area (Å²) >= 11 is 0. The Hall–Kier alpha value is -2.95. The molecule has 0 saturated heterocycles. The van der Waals surface area contributed by atoms with Gasteiger partial charge >= 0.3 is 0 Å². The lowest BCUT2D eigenvalue weighted by atomic mass is 10.0. The van der Waals surface area contributed by atoms with Gasteiger partial charge in [0, 0.05) is 16.8 Å². The van der Waals surface area contributed by atoms with Gasteiger partial charge in [-0.15, -0.1) is 5.10 Å². The van der Waals surface area contributed by atoms with Crippen molar-refractivity contribution in [3.8, 4) is 5.69 Å². The SMILES string of the molecule is Nc1ccc(C(=O)c2ccc(-n3ccnn3)cc2)cc1. The molecule has 0 fully saturated rings. The first-order valence-electron chi connectivity index (χ1n) is 6.11. The molecule has 1 heterocycles. The van der Waals surface area contributed by atoms with Crippen LogP contribution in [0.25, 0.3) is 5.69 Å². The average Bonchev–Trinajstić information content (AvgIpc) is 3.02. The van der Waals surface area contributed by atoms with Gasteiger partial charge in [0.05, 0.1) is 18.1 Å². The number of anilines is 1. The maximum Gasteiger partial charge on any atom is 0.193 e. The smallest absolute Gasteiger partial charge is 0.193 e. The van der Waals surface area contributed by atoms with Crippen molar-refractivity contribution < 1.29 is 4.79 Å². The van der Waals surface area contributed by atoms with Crippen LogP contribution in [0.5, 0.6) is 0 Å². The van der Waals surface area contributed by atoms with E-state index in [1.165, 1.54) is 0 Å². The van der Waals surface area contributed by atoms with Gasteiger partial charge in [-0.1, -0.05) is 5.21 Å². The fourth-order valence-electron chi connectivity index (χ4n) is 1.91. The molecule has 0 aliphatic rings. The molecule has 0 unspecified atom stereocenters. The number of aromatic nitrogens is 3. The molecular weight excluding hydrogens is 252 g/mol. The minimum atomic E-state index is -0.0323. The predicted molar refractivity (Wildman–Crippen MR) is 75.6 cm³/mol. The zero-order chi connectivity index (χ0) is 13.9. The van der Waals surface area contributed by atoms with E-state index in [9.17, 15) is 4.79 Å². The molecule has 20 heavy (non-hydrogen) atoms. The summed E-state index contributed by atoms with van der Waals surface area (Å²) in [5.41, 5.74) is 8.35. The molecule has 3 rings (SSSR count). The molecule has 5 heteroatoms. The molecule has 0 saturated carbocycles. The van der Waals surface area contributed by atoms with Gasteiger partial charge in [0.25, 0.3) is 0 Å². The average molecular weight is 264 g/mol. The first kappa shape index (κ1) is 12.1. The van der Waals surface area contributed by atoms with Crippen molar-refractivity contribution in [2.75, 3.05) is 5.73 Å². The highest BCUT2D eigenvalue weighted by molar-refractivity contribution is 6.09. The number of nitrogens with two attached hydrogens (primary N) is 1. The van der Waals surface area contributed by atoms with E-state index in [1.807, 2.05) is 12.1 Å². The van der Waals surface area contributed by atoms with Crippen LogP contribution < -0.4 is 5.73 Å². The lowest BCUT2D eigenvalue weighted by Gasteiger charge is -2.04. The molecule has 0 radical (unpaired) electrons. The molecule has 0 spiro atoms. The maximum atomic E-state index is 12.3. The second kappa shape index (κ2) is 4.97. The Morgan fingerprint density at radius 1 is 0.950 bits per heavy atom. The van der Waals surface area contributed by atoms with Crippen LogP contribution >= 0.6 is 0 Å². The second-order valence-electron chi connectivity index (χ2n) is 4.35. The van der Waals surface area contributed by atoms with Crippen LogP contribution in [-0.2, 0) is 0 Å². The zero-order valence-corrected chi connectivity index (χ0v) is 10.6. The lowest BCUT2D eigenvalue weighted by molar-refractivity contribution is 0.103. The predicted octanol–water partition coefficient (Wildman–Crippen LogP) is 2.08. The number of nitrogens with zero attached hydrogens (tertiary/aromatic N) is 3. The van der Waals surface area contributed by atoms with Crippen molar-refractivity contribution in [3.05, 3.63) is 72.1 Å². The number of carbonyl (C=O) groups is 1. The van der Waals surface area contributed by atoms with Gasteiger partial charge in [0.15, 0.2) is 5.78 Å². The Morgan fingerprint density at radius 2 is 1.55 bits per heavy atom. The van der Waals surface area contributed by atoms with E-state index in [0.29, 0.717) is 16.8 Å². The first-order chi connectivity index (χ1) is 9.74. The highest BCUT2D eigenvalue weighted by atomic mass is 16.1. The van der Waals surface area contributed by atoms with E-state index in [1.54, 1.807) is 53.5 Å². The number of benzene rings is 2. The summed E-state index contributed by atoms with van der Waals surface area (Å²) in [6, 6.07) is 14.1. The van der Waals surface area contributed by atoms with Gasteiger partial charge in [-0.2, -0.15) is 0 Å². The molecule has 98 valence electrons. The van der Waals surface area contributed by atoms with E-state index in [0.717, 1.165) is 5.69 Å². The molecule has 1 aromatic heterocycles. The highest BCUT2D eigenvalue weighted by Crippen LogP contribution is 2.14. The molecule has 2 aromatic carbocycles. The monoisotopic (exact) mass is 264 g/mol. The summed E-state index contributed by atoms with van der Waals surface area (Å²) in [4.78, 5) is 12.3. The Bertz CT molecular complexity index is 716. The Morgan fingerprint density at radius 3 is 2.10 bits per heavy atom. The summed E-state index contributed by atoms with van der Waals surface area (Å²) in [6.07, 6.45) is 3.35. The van der Waals surface area contributed by atoms with Crippen molar-refractivity contribution >= 4 is 11.5 Å². The van der Waals surface area contributed by atoms with Crippen molar-refractivity contribution in [2.45, 2.75) is 0 Å². The molecule has 0 bridgehead atoms. The minimum Gasteiger partial charge on any atom is -0.399 e. The first-order valence-corrected chi connectivity index (χ1v) is 6.11.